The largest absolute Gasteiger partial charge is 0.496 e. The van der Waals surface area contributed by atoms with Gasteiger partial charge < -0.3 is 20.5 Å². The molecule has 136 valence electrons. The van der Waals surface area contributed by atoms with E-state index in [1.54, 1.807) is 7.11 Å². The zero-order chi connectivity index (χ0) is 16.5. The molecule has 24 heavy (non-hydrogen) atoms. The van der Waals surface area contributed by atoms with Gasteiger partial charge in [-0.05, 0) is 37.8 Å². The smallest absolute Gasteiger partial charge is 0.191 e. The first-order valence-corrected chi connectivity index (χ1v) is 8.56. The van der Waals surface area contributed by atoms with E-state index < -0.39 is 0 Å². The Morgan fingerprint density at radius 3 is 2.75 bits per heavy atom. The molecule has 0 amide bonds. The number of nitrogens with one attached hydrogen (secondary N) is 2. The van der Waals surface area contributed by atoms with E-state index in [9.17, 15) is 5.11 Å². The number of hydrogen-bond acceptors (Lipinski definition) is 3. The fraction of sp³-hybridized carbons (Fsp3) is 0.611. The lowest BCUT2D eigenvalue weighted by molar-refractivity contribution is 0.136. The summed E-state index contributed by atoms with van der Waals surface area (Å²) in [4.78, 5) is 4.62. The van der Waals surface area contributed by atoms with Crippen molar-refractivity contribution < 1.29 is 9.84 Å². The molecular formula is C18H30IN3O2. The zero-order valence-corrected chi connectivity index (χ0v) is 17.0. The summed E-state index contributed by atoms with van der Waals surface area (Å²) < 4.78 is 5.38. The van der Waals surface area contributed by atoms with Gasteiger partial charge in [-0.2, -0.15) is 0 Å². The monoisotopic (exact) mass is 447 g/mol. The molecule has 0 aliphatic heterocycles. The Kier molecular flexibility index (Phi) is 10.1. The average Bonchev–Trinajstić information content (AvgIpc) is 2.98. The maximum absolute atomic E-state index is 9.89. The molecule has 5 nitrogen and oxygen atoms in total. The highest BCUT2D eigenvalue weighted by Crippen LogP contribution is 2.25. The Morgan fingerprint density at radius 1 is 1.29 bits per heavy atom. The van der Waals surface area contributed by atoms with Gasteiger partial charge in [-0.15, -0.1) is 24.0 Å². The van der Waals surface area contributed by atoms with Gasteiger partial charge in [0, 0.05) is 25.6 Å². The SMILES string of the molecule is CCNC(=NCC1CCCC1O)NCCc1ccccc1OC.I. The minimum atomic E-state index is -0.185. The van der Waals surface area contributed by atoms with Gasteiger partial charge in [-0.1, -0.05) is 24.6 Å². The molecule has 0 heterocycles. The predicted octanol–water partition coefficient (Wildman–Crippen LogP) is 2.57. The lowest BCUT2D eigenvalue weighted by Gasteiger charge is -2.15. The Bertz CT molecular complexity index is 511. The summed E-state index contributed by atoms with van der Waals surface area (Å²) in [6.45, 7) is 4.36. The van der Waals surface area contributed by atoms with Crippen molar-refractivity contribution >= 4 is 29.9 Å². The third-order valence-electron chi connectivity index (χ3n) is 4.33. The van der Waals surface area contributed by atoms with E-state index >= 15 is 0 Å². The number of nitrogens with zero attached hydrogens (tertiary/aromatic N) is 1. The molecule has 0 spiro atoms. The van der Waals surface area contributed by atoms with Crippen LogP contribution in [0, 0.1) is 5.92 Å². The van der Waals surface area contributed by atoms with Gasteiger partial charge in [0.05, 0.1) is 13.2 Å². The van der Waals surface area contributed by atoms with Crippen molar-refractivity contribution in [2.24, 2.45) is 10.9 Å². The summed E-state index contributed by atoms with van der Waals surface area (Å²) in [5.74, 6) is 2.05. The molecule has 1 aromatic carbocycles. The Balaban J connectivity index is 0.00000288. The maximum Gasteiger partial charge on any atom is 0.191 e. The molecule has 1 fully saturated rings. The molecule has 0 aromatic heterocycles. The fourth-order valence-electron chi connectivity index (χ4n) is 3.01. The Hall–Kier alpha value is -1.02. The molecule has 1 aromatic rings. The van der Waals surface area contributed by atoms with Crippen LogP contribution in [0.2, 0.25) is 0 Å². The zero-order valence-electron chi connectivity index (χ0n) is 14.6. The molecule has 2 atom stereocenters. The third kappa shape index (κ3) is 6.47. The highest BCUT2D eigenvalue weighted by Gasteiger charge is 2.24. The number of methoxy groups -OCH3 is 1. The van der Waals surface area contributed by atoms with E-state index in [0.29, 0.717) is 12.5 Å². The van der Waals surface area contributed by atoms with Crippen LogP contribution in [0.1, 0.15) is 31.7 Å². The lowest BCUT2D eigenvalue weighted by Crippen LogP contribution is -2.39. The first-order chi connectivity index (χ1) is 11.2. The number of aliphatic hydroxyl groups excluding tert-OH is 1. The number of para-hydroxylation sites is 1. The highest BCUT2D eigenvalue weighted by molar-refractivity contribution is 14.0. The van der Waals surface area contributed by atoms with Crippen LogP contribution in [0.4, 0.5) is 0 Å². The van der Waals surface area contributed by atoms with Crippen molar-refractivity contribution in [2.75, 3.05) is 26.7 Å². The number of ether oxygens (including phenoxy) is 1. The quantitative estimate of drug-likeness (QED) is 0.342. The van der Waals surface area contributed by atoms with Gasteiger partial charge in [0.15, 0.2) is 5.96 Å². The summed E-state index contributed by atoms with van der Waals surface area (Å²) in [5, 5.41) is 16.5. The molecule has 2 unspecified atom stereocenters. The van der Waals surface area contributed by atoms with Crippen molar-refractivity contribution in [3.8, 4) is 5.75 Å². The summed E-state index contributed by atoms with van der Waals surface area (Å²) in [6.07, 6.45) is 3.79. The molecule has 0 saturated heterocycles. The van der Waals surface area contributed by atoms with E-state index in [1.165, 1.54) is 5.56 Å². The molecule has 6 heteroatoms. The number of aliphatic hydroxyl groups is 1. The van der Waals surface area contributed by atoms with E-state index in [0.717, 1.165) is 50.5 Å². The third-order valence-corrected chi connectivity index (χ3v) is 4.33. The van der Waals surface area contributed by atoms with E-state index in [1.807, 2.05) is 18.2 Å². The van der Waals surface area contributed by atoms with Crippen LogP contribution in [-0.4, -0.2) is 43.9 Å². The van der Waals surface area contributed by atoms with Gasteiger partial charge in [0.2, 0.25) is 0 Å². The van der Waals surface area contributed by atoms with Crippen LogP contribution >= 0.6 is 24.0 Å². The number of rotatable bonds is 7. The number of guanidine groups is 1. The van der Waals surface area contributed by atoms with Gasteiger partial charge >= 0.3 is 0 Å². The normalized spacial score (nSPS) is 20.4. The second-order valence-corrected chi connectivity index (χ2v) is 5.97. The topological polar surface area (TPSA) is 65.9 Å². The van der Waals surface area contributed by atoms with Gasteiger partial charge in [-0.3, -0.25) is 4.99 Å². The number of hydrogen-bond donors (Lipinski definition) is 3. The van der Waals surface area contributed by atoms with E-state index in [4.69, 9.17) is 4.74 Å². The first kappa shape index (κ1) is 21.0. The minimum absolute atomic E-state index is 0. The van der Waals surface area contributed by atoms with Crippen LogP contribution < -0.4 is 15.4 Å². The van der Waals surface area contributed by atoms with Crippen LogP contribution in [-0.2, 0) is 6.42 Å². The summed E-state index contributed by atoms with van der Waals surface area (Å²) in [5.41, 5.74) is 1.18. The van der Waals surface area contributed by atoms with Crippen LogP contribution in [0.15, 0.2) is 29.3 Å². The highest BCUT2D eigenvalue weighted by atomic mass is 127. The molecule has 1 aliphatic rings. The Morgan fingerprint density at radius 2 is 2.08 bits per heavy atom. The summed E-state index contributed by atoms with van der Waals surface area (Å²) in [6, 6.07) is 8.07. The lowest BCUT2D eigenvalue weighted by atomic mass is 10.1. The van der Waals surface area contributed by atoms with Crippen molar-refractivity contribution in [3.63, 3.8) is 0 Å². The molecule has 2 rings (SSSR count). The molecule has 0 bridgehead atoms. The van der Waals surface area contributed by atoms with Crippen molar-refractivity contribution in [3.05, 3.63) is 29.8 Å². The number of benzene rings is 1. The number of aliphatic imine (C=N–C) groups is 1. The fourth-order valence-corrected chi connectivity index (χ4v) is 3.01. The summed E-state index contributed by atoms with van der Waals surface area (Å²) in [7, 11) is 1.70. The van der Waals surface area contributed by atoms with Crippen LogP contribution in [0.3, 0.4) is 0 Å². The Labute approximate surface area is 162 Å². The maximum atomic E-state index is 9.89. The van der Waals surface area contributed by atoms with Crippen molar-refractivity contribution in [1.29, 1.82) is 0 Å². The second-order valence-electron chi connectivity index (χ2n) is 5.97. The molecule has 0 radical (unpaired) electrons. The molecule has 1 saturated carbocycles. The number of halogens is 1. The molecular weight excluding hydrogens is 417 g/mol. The van der Waals surface area contributed by atoms with E-state index in [2.05, 4.69) is 28.6 Å². The predicted molar refractivity (Wildman–Crippen MR) is 109 cm³/mol. The minimum Gasteiger partial charge on any atom is -0.496 e. The molecule has 1 aliphatic carbocycles. The first-order valence-electron chi connectivity index (χ1n) is 8.56. The standard InChI is InChI=1S/C18H29N3O2.HI/c1-3-19-18(21-13-15-8-6-9-16(15)22)20-12-11-14-7-4-5-10-17(14)23-2;/h4-5,7,10,15-16,22H,3,6,8-9,11-13H2,1-2H3,(H2,19,20,21);1H. The van der Waals surface area contributed by atoms with Crippen molar-refractivity contribution in [2.45, 2.75) is 38.7 Å². The van der Waals surface area contributed by atoms with Crippen LogP contribution in [0.5, 0.6) is 5.75 Å². The second kappa shape index (κ2) is 11.5. The van der Waals surface area contributed by atoms with Gasteiger partial charge in [0.25, 0.3) is 0 Å². The van der Waals surface area contributed by atoms with Crippen LogP contribution in [0.25, 0.3) is 0 Å². The van der Waals surface area contributed by atoms with Gasteiger partial charge in [0.1, 0.15) is 5.75 Å². The average molecular weight is 447 g/mol. The van der Waals surface area contributed by atoms with E-state index in [-0.39, 0.29) is 30.1 Å². The molecule has 3 N–H and O–H groups in total. The van der Waals surface area contributed by atoms with Gasteiger partial charge in [-0.25, -0.2) is 0 Å². The summed E-state index contributed by atoms with van der Waals surface area (Å²) >= 11 is 0. The van der Waals surface area contributed by atoms with Crippen molar-refractivity contribution in [1.82, 2.24) is 10.6 Å².